The molecule has 1 N–H and O–H groups in total. The normalized spacial score (nSPS) is 14.9. The minimum Gasteiger partial charge on any atom is -0.278 e. The Morgan fingerprint density at radius 1 is 0.960 bits per heavy atom. The van der Waals surface area contributed by atoms with Gasteiger partial charge in [0.25, 0.3) is 0 Å². The molecule has 0 saturated carbocycles. The summed E-state index contributed by atoms with van der Waals surface area (Å²) < 4.78 is 0. The van der Waals surface area contributed by atoms with Crippen LogP contribution in [0.15, 0.2) is 89.1 Å². The summed E-state index contributed by atoms with van der Waals surface area (Å²) in [4.78, 5) is 0. The van der Waals surface area contributed by atoms with Crippen LogP contribution in [0.1, 0.15) is 39.2 Å². The molecule has 0 unspecified atom stereocenters. The largest absolute Gasteiger partial charge is 0.278 e. The van der Waals surface area contributed by atoms with Crippen LogP contribution in [0, 0.1) is 5.41 Å². The summed E-state index contributed by atoms with van der Waals surface area (Å²) in [7, 11) is 0. The van der Waals surface area contributed by atoms with E-state index in [-0.39, 0.29) is 5.41 Å². The number of hydrogen-bond acceptors (Lipinski definition) is 2. The molecule has 0 saturated heterocycles. The van der Waals surface area contributed by atoms with Gasteiger partial charge in [-0.15, -0.1) is 0 Å². The maximum Gasteiger partial charge on any atom is 0.0719 e. The van der Waals surface area contributed by atoms with E-state index in [1.54, 1.807) is 0 Å². The summed E-state index contributed by atoms with van der Waals surface area (Å²) >= 11 is 0. The maximum atomic E-state index is 4.72. The first-order valence-corrected chi connectivity index (χ1v) is 8.85. The van der Waals surface area contributed by atoms with Gasteiger partial charge in [0.1, 0.15) is 0 Å². The number of anilines is 1. The van der Waals surface area contributed by atoms with Gasteiger partial charge in [-0.2, -0.15) is 5.10 Å². The number of hydrogen-bond donors (Lipinski definition) is 1. The summed E-state index contributed by atoms with van der Waals surface area (Å²) in [6, 6.07) is 20.5. The Hall–Kier alpha value is -2.61. The first kappa shape index (κ1) is 17.2. The summed E-state index contributed by atoms with van der Waals surface area (Å²) in [6.07, 6.45) is 6.58. The van der Waals surface area contributed by atoms with Crippen molar-refractivity contribution >= 4 is 11.4 Å². The fraction of sp³-hybridized carbons (Fsp3) is 0.261. The van der Waals surface area contributed by atoms with Crippen molar-refractivity contribution in [3.05, 3.63) is 89.5 Å². The van der Waals surface area contributed by atoms with Crippen LogP contribution in [0.2, 0.25) is 0 Å². The summed E-state index contributed by atoms with van der Waals surface area (Å²) in [5.74, 6) is 0. The number of rotatable bonds is 5. The molecule has 2 heteroatoms. The van der Waals surface area contributed by atoms with E-state index < -0.39 is 0 Å². The highest BCUT2D eigenvalue weighted by molar-refractivity contribution is 6.02. The standard InChI is InChI=1S/C23H26N2/c1-23(2,3)20-15-14-18(16-20)17-22(19-10-6-4-7-11-19)25-24-21-12-8-5-9-13-21/h4-13,15-16,24H,14,17H2,1-3H3. The van der Waals surface area contributed by atoms with Crippen molar-refractivity contribution in [2.45, 2.75) is 33.6 Å². The van der Waals surface area contributed by atoms with E-state index in [1.807, 2.05) is 36.4 Å². The molecule has 3 rings (SSSR count). The van der Waals surface area contributed by atoms with Crippen molar-refractivity contribution in [1.29, 1.82) is 0 Å². The molecule has 128 valence electrons. The molecule has 2 aromatic rings. The molecular formula is C23H26N2. The SMILES string of the molecule is CC(C)(C)C1=CCC(CC(=NNc2ccccc2)c2ccccc2)=C1. The number of allylic oxidation sites excluding steroid dienone is 4. The zero-order valence-corrected chi connectivity index (χ0v) is 15.3. The van der Waals surface area contributed by atoms with E-state index in [1.165, 1.54) is 11.1 Å². The second-order valence-electron chi connectivity index (χ2n) is 7.50. The fourth-order valence-electron chi connectivity index (χ4n) is 2.92. The van der Waals surface area contributed by atoms with Gasteiger partial charge in [-0.05, 0) is 35.1 Å². The lowest BCUT2D eigenvalue weighted by Crippen LogP contribution is -2.07. The fourth-order valence-corrected chi connectivity index (χ4v) is 2.92. The van der Waals surface area contributed by atoms with Crippen LogP contribution < -0.4 is 5.43 Å². The van der Waals surface area contributed by atoms with E-state index in [4.69, 9.17) is 5.10 Å². The molecule has 0 atom stereocenters. The third kappa shape index (κ3) is 4.69. The van der Waals surface area contributed by atoms with Crippen LogP contribution >= 0.6 is 0 Å². The zero-order chi connectivity index (χ0) is 17.7. The quantitative estimate of drug-likeness (QED) is 0.512. The summed E-state index contributed by atoms with van der Waals surface area (Å²) in [5.41, 5.74) is 9.48. The molecule has 1 aliphatic carbocycles. The highest BCUT2D eigenvalue weighted by atomic mass is 15.3. The Balaban J connectivity index is 1.81. The van der Waals surface area contributed by atoms with Crippen molar-refractivity contribution in [2.75, 3.05) is 5.43 Å². The van der Waals surface area contributed by atoms with E-state index in [9.17, 15) is 0 Å². The Morgan fingerprint density at radius 2 is 1.60 bits per heavy atom. The molecule has 0 bridgehead atoms. The molecule has 0 radical (unpaired) electrons. The monoisotopic (exact) mass is 330 g/mol. The Morgan fingerprint density at radius 3 is 2.20 bits per heavy atom. The smallest absolute Gasteiger partial charge is 0.0719 e. The molecule has 2 aromatic carbocycles. The minimum atomic E-state index is 0.202. The molecule has 25 heavy (non-hydrogen) atoms. The van der Waals surface area contributed by atoms with E-state index in [0.29, 0.717) is 0 Å². The van der Waals surface area contributed by atoms with Gasteiger partial charge in [0.2, 0.25) is 0 Å². The Labute approximate surface area is 151 Å². The molecule has 2 nitrogen and oxygen atoms in total. The van der Waals surface area contributed by atoms with Crippen molar-refractivity contribution in [2.24, 2.45) is 10.5 Å². The van der Waals surface area contributed by atoms with Gasteiger partial charge in [-0.3, -0.25) is 5.43 Å². The third-order valence-corrected chi connectivity index (χ3v) is 4.41. The second-order valence-corrected chi connectivity index (χ2v) is 7.50. The van der Waals surface area contributed by atoms with Gasteiger partial charge in [-0.1, -0.05) is 87.0 Å². The Kier molecular flexibility index (Phi) is 5.18. The van der Waals surface area contributed by atoms with Crippen LogP contribution in [-0.2, 0) is 0 Å². The molecule has 0 aromatic heterocycles. The lowest BCUT2D eigenvalue weighted by molar-refractivity contribution is 0.517. The van der Waals surface area contributed by atoms with Gasteiger partial charge in [0.15, 0.2) is 0 Å². The molecule has 0 heterocycles. The van der Waals surface area contributed by atoms with Crippen molar-refractivity contribution in [3.63, 3.8) is 0 Å². The van der Waals surface area contributed by atoms with Gasteiger partial charge in [-0.25, -0.2) is 0 Å². The number of para-hydroxylation sites is 1. The van der Waals surface area contributed by atoms with Gasteiger partial charge in [0, 0.05) is 6.42 Å². The van der Waals surface area contributed by atoms with Crippen LogP contribution in [0.5, 0.6) is 0 Å². The molecule has 0 fully saturated rings. The molecule has 0 amide bonds. The van der Waals surface area contributed by atoms with Crippen molar-refractivity contribution < 1.29 is 0 Å². The highest BCUT2D eigenvalue weighted by Gasteiger charge is 2.20. The lowest BCUT2D eigenvalue weighted by Gasteiger charge is -2.18. The molecule has 0 aliphatic heterocycles. The maximum absolute atomic E-state index is 4.72. The Bertz CT molecular complexity index is 791. The number of hydrazone groups is 1. The van der Waals surface area contributed by atoms with Gasteiger partial charge < -0.3 is 0 Å². The first-order chi connectivity index (χ1) is 12.0. The average molecular weight is 330 g/mol. The first-order valence-electron chi connectivity index (χ1n) is 8.85. The topological polar surface area (TPSA) is 24.4 Å². The van der Waals surface area contributed by atoms with E-state index in [2.05, 4.69) is 62.6 Å². The number of nitrogens with one attached hydrogen (secondary N) is 1. The van der Waals surface area contributed by atoms with Crippen molar-refractivity contribution in [1.82, 2.24) is 0 Å². The van der Waals surface area contributed by atoms with Crippen LogP contribution in [0.25, 0.3) is 0 Å². The van der Waals surface area contributed by atoms with E-state index >= 15 is 0 Å². The van der Waals surface area contributed by atoms with E-state index in [0.717, 1.165) is 29.8 Å². The van der Waals surface area contributed by atoms with Crippen LogP contribution in [0.3, 0.4) is 0 Å². The summed E-state index contributed by atoms with van der Waals surface area (Å²) in [6.45, 7) is 6.80. The summed E-state index contributed by atoms with van der Waals surface area (Å²) in [5, 5.41) is 4.72. The predicted molar refractivity (Wildman–Crippen MR) is 108 cm³/mol. The third-order valence-electron chi connectivity index (χ3n) is 4.41. The zero-order valence-electron chi connectivity index (χ0n) is 15.3. The van der Waals surface area contributed by atoms with Gasteiger partial charge >= 0.3 is 0 Å². The molecule has 1 aliphatic rings. The number of nitrogens with zero attached hydrogens (tertiary/aromatic N) is 1. The lowest BCUT2D eigenvalue weighted by atomic mass is 9.87. The average Bonchev–Trinajstić information content (AvgIpc) is 3.09. The van der Waals surface area contributed by atoms with Crippen LogP contribution in [-0.4, -0.2) is 5.71 Å². The molecule has 0 spiro atoms. The number of benzene rings is 2. The minimum absolute atomic E-state index is 0.202. The van der Waals surface area contributed by atoms with Crippen molar-refractivity contribution in [3.8, 4) is 0 Å². The predicted octanol–water partition coefficient (Wildman–Crippen LogP) is 6.20. The molecular weight excluding hydrogens is 304 g/mol. The van der Waals surface area contributed by atoms with Gasteiger partial charge in [0.05, 0.1) is 11.4 Å². The second kappa shape index (κ2) is 7.52. The van der Waals surface area contributed by atoms with Crippen LogP contribution in [0.4, 0.5) is 5.69 Å². The highest BCUT2D eigenvalue weighted by Crippen LogP contribution is 2.34.